The molecule has 0 radical (unpaired) electrons. The number of rotatable bonds is 6. The van der Waals surface area contributed by atoms with E-state index in [0.717, 1.165) is 0 Å². The summed E-state index contributed by atoms with van der Waals surface area (Å²) in [7, 11) is -2.42. The highest BCUT2D eigenvalue weighted by atomic mass is 35.5. The minimum absolute atomic E-state index is 0.0553. The molecule has 1 atom stereocenters. The molecule has 0 bridgehead atoms. The maximum atomic E-state index is 12.9. The molecular weight excluding hydrogens is 463 g/mol. The number of para-hydroxylation sites is 1. The first-order valence-corrected chi connectivity index (χ1v) is 12.0. The third-order valence-corrected chi connectivity index (χ3v) is 7.47. The Balaban J connectivity index is 1.71. The number of anilines is 1. The number of ether oxygens (including phenoxy) is 1. The number of benzene rings is 2. The number of esters is 1. The number of halogens is 2. The van der Waals surface area contributed by atoms with Gasteiger partial charge in [-0.3, -0.25) is 4.79 Å². The first-order valence-electron chi connectivity index (χ1n) is 9.61. The van der Waals surface area contributed by atoms with Gasteiger partial charge >= 0.3 is 5.97 Å². The van der Waals surface area contributed by atoms with Crippen molar-refractivity contribution in [2.45, 2.75) is 18.6 Å². The normalized spacial score (nSPS) is 17.2. The summed E-state index contributed by atoms with van der Waals surface area (Å²) in [5.41, 5.74) is 1.01. The van der Waals surface area contributed by atoms with Gasteiger partial charge in [0.05, 0.1) is 30.0 Å². The highest BCUT2D eigenvalue weighted by molar-refractivity contribution is 7.88. The van der Waals surface area contributed by atoms with Gasteiger partial charge < -0.3 is 10.1 Å². The van der Waals surface area contributed by atoms with Crippen molar-refractivity contribution in [2.24, 2.45) is 5.92 Å². The molecule has 1 N–H and O–H groups in total. The zero-order chi connectivity index (χ0) is 22.6. The van der Waals surface area contributed by atoms with Crippen LogP contribution in [0.5, 0.6) is 0 Å². The highest BCUT2D eigenvalue weighted by Crippen LogP contribution is 2.27. The third kappa shape index (κ3) is 5.77. The Morgan fingerprint density at radius 2 is 1.94 bits per heavy atom. The van der Waals surface area contributed by atoms with Crippen molar-refractivity contribution in [3.05, 3.63) is 63.6 Å². The van der Waals surface area contributed by atoms with Crippen LogP contribution in [0.25, 0.3) is 0 Å². The Bertz CT molecular complexity index is 1090. The fraction of sp³-hybridized carbons (Fsp3) is 0.333. The first kappa shape index (κ1) is 23.5. The van der Waals surface area contributed by atoms with Crippen molar-refractivity contribution in [3.8, 4) is 0 Å². The Morgan fingerprint density at radius 3 is 2.65 bits per heavy atom. The summed E-state index contributed by atoms with van der Waals surface area (Å²) >= 11 is 12.0. The monoisotopic (exact) mass is 484 g/mol. The predicted octanol–water partition coefficient (Wildman–Crippen LogP) is 3.96. The average Bonchev–Trinajstić information content (AvgIpc) is 2.75. The second kappa shape index (κ2) is 9.99. The van der Waals surface area contributed by atoms with Crippen LogP contribution in [0.1, 0.15) is 28.8 Å². The Morgan fingerprint density at radius 1 is 1.19 bits per heavy atom. The molecule has 2 aromatic rings. The summed E-state index contributed by atoms with van der Waals surface area (Å²) in [5.74, 6) is -1.73. The second-order valence-corrected chi connectivity index (χ2v) is 10.0. The molecule has 3 rings (SSSR count). The Kier molecular flexibility index (Phi) is 7.59. The van der Waals surface area contributed by atoms with E-state index in [0.29, 0.717) is 35.7 Å². The molecule has 166 valence electrons. The van der Waals surface area contributed by atoms with Gasteiger partial charge in [0.2, 0.25) is 15.9 Å². The molecule has 1 saturated heterocycles. The molecule has 1 amide bonds. The predicted molar refractivity (Wildman–Crippen MR) is 120 cm³/mol. The van der Waals surface area contributed by atoms with Crippen LogP contribution in [-0.2, 0) is 25.3 Å². The Labute approximate surface area is 191 Å². The zero-order valence-corrected chi connectivity index (χ0v) is 19.1. The van der Waals surface area contributed by atoms with Crippen LogP contribution < -0.4 is 5.32 Å². The van der Waals surface area contributed by atoms with E-state index >= 15 is 0 Å². The Hall–Kier alpha value is -2.13. The van der Waals surface area contributed by atoms with Crippen molar-refractivity contribution in [1.82, 2.24) is 4.31 Å². The van der Waals surface area contributed by atoms with E-state index in [-0.39, 0.29) is 28.8 Å². The highest BCUT2D eigenvalue weighted by Gasteiger charge is 2.33. The largest absolute Gasteiger partial charge is 0.465 e. The lowest BCUT2D eigenvalue weighted by molar-refractivity contribution is -0.120. The van der Waals surface area contributed by atoms with Crippen LogP contribution in [-0.4, -0.2) is 44.8 Å². The number of hydrogen-bond donors (Lipinski definition) is 1. The van der Waals surface area contributed by atoms with Gasteiger partial charge in [-0.2, -0.15) is 0 Å². The molecule has 0 unspecified atom stereocenters. The standard InChI is InChI=1S/C21H22Cl2N2O5S/c1-30-21(27)17-6-2-3-7-19(17)24-20(26)14-5-4-10-25(12-14)31(28,29)13-15-8-9-16(22)11-18(15)23/h2-3,6-9,11,14H,4-5,10,12-13H2,1H3,(H,24,26)/t14-/m1/s1. The number of hydrogen-bond acceptors (Lipinski definition) is 5. The molecule has 10 heteroatoms. The number of carbonyl (C=O) groups excluding carboxylic acids is 2. The molecule has 7 nitrogen and oxygen atoms in total. The van der Waals surface area contributed by atoms with Crippen LogP contribution in [0, 0.1) is 5.92 Å². The van der Waals surface area contributed by atoms with Crippen LogP contribution in [0.4, 0.5) is 5.69 Å². The zero-order valence-electron chi connectivity index (χ0n) is 16.8. The van der Waals surface area contributed by atoms with Gasteiger partial charge in [0.1, 0.15) is 0 Å². The lowest BCUT2D eigenvalue weighted by atomic mass is 9.98. The van der Waals surface area contributed by atoms with Crippen molar-refractivity contribution >= 4 is 50.8 Å². The van der Waals surface area contributed by atoms with Gasteiger partial charge in [0.25, 0.3) is 0 Å². The van der Waals surface area contributed by atoms with Gasteiger partial charge in [-0.05, 0) is 42.7 Å². The van der Waals surface area contributed by atoms with Crippen LogP contribution in [0.2, 0.25) is 10.0 Å². The smallest absolute Gasteiger partial charge is 0.339 e. The summed E-state index contributed by atoms with van der Waals surface area (Å²) in [6.45, 7) is 0.385. The van der Waals surface area contributed by atoms with Crippen LogP contribution in [0.3, 0.4) is 0 Å². The number of sulfonamides is 1. The number of amides is 1. The lowest BCUT2D eigenvalue weighted by Crippen LogP contribution is -2.44. The molecule has 1 fully saturated rings. The SMILES string of the molecule is COC(=O)c1ccccc1NC(=O)[C@@H]1CCCN(S(=O)(=O)Cc2ccc(Cl)cc2Cl)C1. The van der Waals surface area contributed by atoms with E-state index in [1.54, 1.807) is 36.4 Å². The van der Waals surface area contributed by atoms with E-state index in [4.69, 9.17) is 27.9 Å². The summed E-state index contributed by atoms with van der Waals surface area (Å²) in [4.78, 5) is 24.8. The molecule has 2 aromatic carbocycles. The molecule has 31 heavy (non-hydrogen) atoms. The number of nitrogens with zero attached hydrogens (tertiary/aromatic N) is 1. The minimum atomic E-state index is -3.68. The van der Waals surface area contributed by atoms with E-state index in [2.05, 4.69) is 5.32 Å². The van der Waals surface area contributed by atoms with E-state index < -0.39 is 21.9 Å². The maximum absolute atomic E-state index is 12.9. The molecular formula is C21H22Cl2N2O5S. The lowest BCUT2D eigenvalue weighted by Gasteiger charge is -2.31. The van der Waals surface area contributed by atoms with E-state index in [9.17, 15) is 18.0 Å². The van der Waals surface area contributed by atoms with E-state index in [1.165, 1.54) is 17.5 Å². The number of piperidine rings is 1. The molecule has 0 aromatic heterocycles. The van der Waals surface area contributed by atoms with Gasteiger partial charge in [0.15, 0.2) is 0 Å². The minimum Gasteiger partial charge on any atom is -0.465 e. The molecule has 1 aliphatic heterocycles. The van der Waals surface area contributed by atoms with Gasteiger partial charge in [-0.15, -0.1) is 0 Å². The summed E-state index contributed by atoms with van der Waals surface area (Å²) < 4.78 is 31.9. The van der Waals surface area contributed by atoms with Crippen molar-refractivity contribution < 1.29 is 22.7 Å². The number of nitrogens with one attached hydrogen (secondary N) is 1. The number of carbonyl (C=O) groups is 2. The van der Waals surface area contributed by atoms with Gasteiger partial charge in [-0.25, -0.2) is 17.5 Å². The summed E-state index contributed by atoms with van der Waals surface area (Å²) in [6.07, 6.45) is 1.09. The average molecular weight is 485 g/mol. The van der Waals surface area contributed by atoms with Crippen molar-refractivity contribution in [1.29, 1.82) is 0 Å². The fourth-order valence-corrected chi connectivity index (χ4v) is 5.65. The quantitative estimate of drug-likeness (QED) is 0.626. The molecule has 0 aliphatic carbocycles. The molecule has 1 aliphatic rings. The maximum Gasteiger partial charge on any atom is 0.339 e. The second-order valence-electron chi connectivity index (χ2n) is 7.22. The van der Waals surface area contributed by atoms with Crippen molar-refractivity contribution in [2.75, 3.05) is 25.5 Å². The van der Waals surface area contributed by atoms with Crippen LogP contribution >= 0.6 is 23.2 Å². The molecule has 0 saturated carbocycles. The first-order chi connectivity index (χ1) is 14.7. The fourth-order valence-electron chi connectivity index (χ4n) is 3.45. The molecule has 1 heterocycles. The number of methoxy groups -OCH3 is 1. The molecule has 0 spiro atoms. The summed E-state index contributed by atoms with van der Waals surface area (Å²) in [6, 6.07) is 11.2. The summed E-state index contributed by atoms with van der Waals surface area (Å²) in [5, 5.41) is 3.44. The van der Waals surface area contributed by atoms with Gasteiger partial charge in [-0.1, -0.05) is 41.4 Å². The van der Waals surface area contributed by atoms with E-state index in [1.807, 2.05) is 0 Å². The van der Waals surface area contributed by atoms with Crippen LogP contribution in [0.15, 0.2) is 42.5 Å². The topological polar surface area (TPSA) is 92.8 Å². The van der Waals surface area contributed by atoms with Crippen molar-refractivity contribution in [3.63, 3.8) is 0 Å². The third-order valence-electron chi connectivity index (χ3n) is 5.09. The van der Waals surface area contributed by atoms with Gasteiger partial charge in [0, 0.05) is 23.1 Å².